The van der Waals surface area contributed by atoms with Gasteiger partial charge in [0, 0.05) is 31.7 Å². The lowest BCUT2D eigenvalue weighted by molar-refractivity contribution is -0.126. The largest absolute Gasteiger partial charge is 0.371 e. The Morgan fingerprint density at radius 1 is 1.03 bits per heavy atom. The molecule has 2 unspecified atom stereocenters. The van der Waals surface area contributed by atoms with Gasteiger partial charge in [-0.25, -0.2) is 4.98 Å². The zero-order valence-corrected chi connectivity index (χ0v) is 19.7. The number of hydrogen-bond acceptors (Lipinski definition) is 4. The molecule has 0 spiro atoms. The molecule has 0 saturated carbocycles. The van der Waals surface area contributed by atoms with E-state index in [0.29, 0.717) is 18.9 Å². The summed E-state index contributed by atoms with van der Waals surface area (Å²) in [5.74, 6) is 0.530. The molecule has 2 heterocycles. The van der Waals surface area contributed by atoms with Gasteiger partial charge >= 0.3 is 0 Å². The van der Waals surface area contributed by atoms with Gasteiger partial charge in [-0.1, -0.05) is 60.7 Å². The molecule has 5 rings (SSSR count). The number of anilines is 1. The smallest absolute Gasteiger partial charge is 0.230 e. The standard InChI is InChI=1S/C28H29N3OS/c1-28(22-10-4-2-5-11-22,18-26-30-24-14-8-9-15-25(24)33-26)27(32)29-19-21-16-17-31(20-21)23-12-6-3-7-13-23/h2-15,21H,16-20H2,1H3,(H,29,32). The fourth-order valence-corrected chi connectivity index (χ4v) is 5.85. The van der Waals surface area contributed by atoms with Crippen LogP contribution in [0.4, 0.5) is 5.69 Å². The van der Waals surface area contributed by atoms with E-state index in [1.807, 2.05) is 42.5 Å². The number of carbonyl (C=O) groups excluding carboxylic acids is 1. The first kappa shape index (κ1) is 21.7. The van der Waals surface area contributed by atoms with Crippen molar-refractivity contribution in [2.75, 3.05) is 24.5 Å². The van der Waals surface area contributed by atoms with Gasteiger partial charge < -0.3 is 10.2 Å². The molecular weight excluding hydrogens is 426 g/mol. The van der Waals surface area contributed by atoms with Crippen molar-refractivity contribution < 1.29 is 4.79 Å². The lowest BCUT2D eigenvalue weighted by Crippen LogP contribution is -2.45. The predicted molar refractivity (Wildman–Crippen MR) is 137 cm³/mol. The maximum absolute atomic E-state index is 13.6. The lowest BCUT2D eigenvalue weighted by atomic mass is 9.78. The Labute approximate surface area is 199 Å². The third-order valence-electron chi connectivity index (χ3n) is 6.71. The van der Waals surface area contributed by atoms with Crippen LogP contribution in [0.3, 0.4) is 0 Å². The second-order valence-corrected chi connectivity index (χ2v) is 10.2. The number of fused-ring (bicyclic) bond motifs is 1. The highest BCUT2D eigenvalue weighted by molar-refractivity contribution is 7.18. The van der Waals surface area contributed by atoms with Gasteiger partial charge in [0.2, 0.25) is 5.91 Å². The Morgan fingerprint density at radius 3 is 2.48 bits per heavy atom. The van der Waals surface area contributed by atoms with Crippen molar-refractivity contribution >= 4 is 33.1 Å². The van der Waals surface area contributed by atoms with Crippen LogP contribution in [0.1, 0.15) is 23.9 Å². The van der Waals surface area contributed by atoms with E-state index in [4.69, 9.17) is 4.98 Å². The van der Waals surface area contributed by atoms with E-state index < -0.39 is 5.41 Å². The molecule has 5 heteroatoms. The maximum atomic E-state index is 13.6. The number of nitrogens with one attached hydrogen (secondary N) is 1. The summed E-state index contributed by atoms with van der Waals surface area (Å²) in [5, 5.41) is 4.30. The molecule has 1 N–H and O–H groups in total. The summed E-state index contributed by atoms with van der Waals surface area (Å²) in [4.78, 5) is 20.9. The molecule has 2 atom stereocenters. The molecule has 1 amide bonds. The van der Waals surface area contributed by atoms with E-state index in [2.05, 4.69) is 59.6 Å². The third kappa shape index (κ3) is 4.64. The minimum Gasteiger partial charge on any atom is -0.371 e. The molecule has 1 aromatic heterocycles. The number of rotatable bonds is 7. The quantitative estimate of drug-likeness (QED) is 0.404. The number of nitrogens with zero attached hydrogens (tertiary/aromatic N) is 2. The Bertz CT molecular complexity index is 1190. The highest BCUT2D eigenvalue weighted by Gasteiger charge is 2.37. The predicted octanol–water partition coefficient (Wildman–Crippen LogP) is 5.44. The summed E-state index contributed by atoms with van der Waals surface area (Å²) in [6.07, 6.45) is 1.68. The molecule has 1 fully saturated rings. The second kappa shape index (κ2) is 9.36. The van der Waals surface area contributed by atoms with Crippen molar-refractivity contribution in [3.8, 4) is 0 Å². The monoisotopic (exact) mass is 455 g/mol. The van der Waals surface area contributed by atoms with Crippen LogP contribution in [0.15, 0.2) is 84.9 Å². The van der Waals surface area contributed by atoms with Crippen LogP contribution in [0.2, 0.25) is 0 Å². The molecule has 4 aromatic rings. The summed E-state index contributed by atoms with van der Waals surface area (Å²) in [5.41, 5.74) is 2.61. The van der Waals surface area contributed by atoms with Crippen LogP contribution in [0, 0.1) is 5.92 Å². The molecule has 1 aliphatic rings. The molecule has 0 radical (unpaired) electrons. The SMILES string of the molecule is CC(Cc1nc2ccccc2s1)(C(=O)NCC1CCN(c2ccccc2)C1)c1ccccc1. The topological polar surface area (TPSA) is 45.2 Å². The van der Waals surface area contributed by atoms with Gasteiger partial charge in [0.15, 0.2) is 0 Å². The molecule has 33 heavy (non-hydrogen) atoms. The summed E-state index contributed by atoms with van der Waals surface area (Å²) < 4.78 is 1.16. The van der Waals surface area contributed by atoms with E-state index in [1.54, 1.807) is 11.3 Å². The van der Waals surface area contributed by atoms with Crippen LogP contribution >= 0.6 is 11.3 Å². The number of para-hydroxylation sites is 2. The number of carbonyl (C=O) groups is 1. The average Bonchev–Trinajstić information content (AvgIpc) is 3.50. The Hall–Kier alpha value is -3.18. The number of aromatic nitrogens is 1. The molecule has 168 valence electrons. The normalized spacial score (nSPS) is 17.7. The number of hydrogen-bond donors (Lipinski definition) is 1. The van der Waals surface area contributed by atoms with E-state index in [9.17, 15) is 4.79 Å². The molecule has 0 aliphatic carbocycles. The summed E-state index contributed by atoms with van der Waals surface area (Å²) in [7, 11) is 0. The lowest BCUT2D eigenvalue weighted by Gasteiger charge is -2.29. The van der Waals surface area contributed by atoms with Crippen LogP contribution in [0.25, 0.3) is 10.2 Å². The van der Waals surface area contributed by atoms with Crippen molar-refractivity contribution in [3.05, 3.63) is 95.5 Å². The van der Waals surface area contributed by atoms with Gasteiger partial charge in [-0.05, 0) is 49.1 Å². The number of benzene rings is 3. The summed E-state index contributed by atoms with van der Waals surface area (Å²) in [6.45, 7) is 4.76. The van der Waals surface area contributed by atoms with Crippen LogP contribution in [-0.4, -0.2) is 30.5 Å². The molecular formula is C28H29N3OS. The van der Waals surface area contributed by atoms with E-state index in [1.165, 1.54) is 5.69 Å². The van der Waals surface area contributed by atoms with Crippen molar-refractivity contribution in [1.29, 1.82) is 0 Å². The van der Waals surface area contributed by atoms with E-state index in [-0.39, 0.29) is 5.91 Å². The van der Waals surface area contributed by atoms with Crippen LogP contribution in [-0.2, 0) is 16.6 Å². The Kier molecular flexibility index (Phi) is 6.14. The number of amides is 1. The highest BCUT2D eigenvalue weighted by atomic mass is 32.1. The van der Waals surface area contributed by atoms with Gasteiger partial charge in [-0.3, -0.25) is 4.79 Å². The van der Waals surface area contributed by atoms with Gasteiger partial charge in [0.25, 0.3) is 0 Å². The molecule has 1 saturated heterocycles. The summed E-state index contributed by atoms with van der Waals surface area (Å²) >= 11 is 1.68. The van der Waals surface area contributed by atoms with E-state index in [0.717, 1.165) is 40.3 Å². The van der Waals surface area contributed by atoms with Crippen molar-refractivity contribution in [2.45, 2.75) is 25.2 Å². The fourth-order valence-electron chi connectivity index (χ4n) is 4.72. The molecule has 1 aliphatic heterocycles. The first-order valence-electron chi connectivity index (χ1n) is 11.6. The molecule has 4 nitrogen and oxygen atoms in total. The van der Waals surface area contributed by atoms with Crippen molar-refractivity contribution in [2.24, 2.45) is 5.92 Å². The Balaban J connectivity index is 1.31. The van der Waals surface area contributed by atoms with Gasteiger partial charge in [0.05, 0.1) is 20.6 Å². The first-order chi connectivity index (χ1) is 16.1. The zero-order valence-electron chi connectivity index (χ0n) is 18.9. The van der Waals surface area contributed by atoms with E-state index >= 15 is 0 Å². The highest BCUT2D eigenvalue weighted by Crippen LogP contribution is 2.32. The molecule has 0 bridgehead atoms. The fraction of sp³-hybridized carbons (Fsp3) is 0.286. The van der Waals surface area contributed by atoms with Gasteiger partial charge in [-0.15, -0.1) is 11.3 Å². The van der Waals surface area contributed by atoms with Gasteiger partial charge in [-0.2, -0.15) is 0 Å². The Morgan fingerprint density at radius 2 is 1.73 bits per heavy atom. The minimum atomic E-state index is -0.674. The first-order valence-corrected chi connectivity index (χ1v) is 12.4. The minimum absolute atomic E-state index is 0.0751. The van der Waals surface area contributed by atoms with Gasteiger partial charge in [0.1, 0.15) is 0 Å². The van der Waals surface area contributed by atoms with Crippen molar-refractivity contribution in [1.82, 2.24) is 10.3 Å². The van der Waals surface area contributed by atoms with Crippen molar-refractivity contribution in [3.63, 3.8) is 0 Å². The molecule has 3 aromatic carbocycles. The zero-order chi connectivity index (χ0) is 22.7. The average molecular weight is 456 g/mol. The maximum Gasteiger partial charge on any atom is 0.230 e. The van der Waals surface area contributed by atoms with Crippen LogP contribution in [0.5, 0.6) is 0 Å². The second-order valence-electron chi connectivity index (χ2n) is 9.10. The summed E-state index contributed by atoms with van der Waals surface area (Å²) in [6, 6.07) is 28.8. The van der Waals surface area contributed by atoms with Crippen LogP contribution < -0.4 is 10.2 Å². The number of thiazole rings is 1. The third-order valence-corrected chi connectivity index (χ3v) is 7.75.